The van der Waals surface area contributed by atoms with E-state index in [4.69, 9.17) is 4.74 Å². The van der Waals surface area contributed by atoms with Crippen LogP contribution in [0.1, 0.15) is 34.8 Å². The third-order valence-electron chi connectivity index (χ3n) is 7.04. The molecule has 0 radical (unpaired) electrons. The summed E-state index contributed by atoms with van der Waals surface area (Å²) in [4.78, 5) is 37.7. The van der Waals surface area contributed by atoms with E-state index in [1.165, 1.54) is 0 Å². The zero-order valence-electron chi connectivity index (χ0n) is 19.8. The summed E-state index contributed by atoms with van der Waals surface area (Å²) >= 11 is 0. The Morgan fingerprint density at radius 2 is 1.68 bits per heavy atom. The molecule has 1 aliphatic carbocycles. The summed E-state index contributed by atoms with van der Waals surface area (Å²) in [6.45, 7) is 1.88. The van der Waals surface area contributed by atoms with Crippen molar-refractivity contribution in [2.45, 2.75) is 37.3 Å². The number of ether oxygens (including phenoxy) is 1. The first kappa shape index (κ1) is 26.3. The van der Waals surface area contributed by atoms with Gasteiger partial charge in [-0.1, -0.05) is 0 Å². The summed E-state index contributed by atoms with van der Waals surface area (Å²) in [6.07, 6.45) is -8.36. The van der Waals surface area contributed by atoms with Crippen LogP contribution in [-0.2, 0) is 28.3 Å². The molecule has 4 heterocycles. The van der Waals surface area contributed by atoms with E-state index in [0.717, 1.165) is 0 Å². The summed E-state index contributed by atoms with van der Waals surface area (Å²) in [5, 5.41) is 5.87. The van der Waals surface area contributed by atoms with Crippen molar-refractivity contribution >= 4 is 11.9 Å². The van der Waals surface area contributed by atoms with Crippen LogP contribution in [-0.4, -0.2) is 87.9 Å². The van der Waals surface area contributed by atoms with Gasteiger partial charge in [-0.2, -0.15) is 31.4 Å². The first-order chi connectivity index (χ1) is 17.9. The minimum absolute atomic E-state index is 0.0513. The maximum Gasteiger partial charge on any atom is 0.422 e. The lowest BCUT2D eigenvalue weighted by atomic mass is 10.1. The molecule has 2 aromatic heterocycles. The van der Waals surface area contributed by atoms with E-state index in [9.17, 15) is 35.9 Å². The van der Waals surface area contributed by atoms with Gasteiger partial charge in [-0.05, 0) is 18.4 Å². The van der Waals surface area contributed by atoms with E-state index in [2.05, 4.69) is 15.1 Å². The second-order valence-electron chi connectivity index (χ2n) is 9.28. The number of nitrogens with one attached hydrogen (secondary N) is 1. The molecule has 2 fully saturated rings. The van der Waals surface area contributed by atoms with Gasteiger partial charge < -0.3 is 14.5 Å². The number of carbonyl (C=O) groups is 1. The Kier molecular flexibility index (Phi) is 6.79. The van der Waals surface area contributed by atoms with Gasteiger partial charge in [0.25, 0.3) is 11.5 Å². The normalized spacial score (nSPS) is 23.0. The van der Waals surface area contributed by atoms with Gasteiger partial charge >= 0.3 is 12.4 Å². The fourth-order valence-corrected chi connectivity index (χ4v) is 5.16. The molecule has 2 atom stereocenters. The Labute approximate surface area is 211 Å². The molecule has 5 rings (SSSR count). The lowest BCUT2D eigenvalue weighted by Crippen LogP contribution is -2.56. The minimum atomic E-state index is -4.80. The van der Waals surface area contributed by atoms with E-state index < -0.39 is 41.2 Å². The highest BCUT2D eigenvalue weighted by molar-refractivity contribution is 5.81. The van der Waals surface area contributed by atoms with Crippen molar-refractivity contribution < 1.29 is 35.9 Å². The molecule has 16 heteroatoms. The summed E-state index contributed by atoms with van der Waals surface area (Å²) in [7, 11) is 0. The quantitative estimate of drug-likeness (QED) is 0.579. The Morgan fingerprint density at radius 3 is 2.32 bits per heavy atom. The van der Waals surface area contributed by atoms with Gasteiger partial charge in [0.05, 0.1) is 23.9 Å². The smallest absolute Gasteiger partial charge is 0.366 e. The molecule has 2 aliphatic heterocycles. The standard InChI is InChI=1S/C22H23F6N7O3/c23-21(24,25)12-9-29-20(30-10-12)34-5-3-33(4-6-34)19(37)15-11-35(7-8-38-15)14-2-1-13-16(22(26,27)28)18(36)32-31-17(13)14/h9-10,14-15H,1-8,11H2,(H,32,36). The number of carbonyl (C=O) groups excluding carboxylic acids is 1. The molecule has 2 saturated heterocycles. The summed E-state index contributed by atoms with van der Waals surface area (Å²) < 4.78 is 84.3. The van der Waals surface area contributed by atoms with Gasteiger partial charge in [-0.15, -0.1) is 0 Å². The average molecular weight is 547 g/mol. The van der Waals surface area contributed by atoms with Crippen LogP contribution in [0.15, 0.2) is 17.2 Å². The Morgan fingerprint density at radius 1 is 1.00 bits per heavy atom. The maximum atomic E-state index is 13.5. The number of piperazine rings is 1. The summed E-state index contributed by atoms with van der Waals surface area (Å²) in [6, 6.07) is -0.490. The van der Waals surface area contributed by atoms with Crippen molar-refractivity contribution in [1.82, 2.24) is 30.0 Å². The highest BCUT2D eigenvalue weighted by Gasteiger charge is 2.44. The number of aromatic amines is 1. The van der Waals surface area contributed by atoms with Gasteiger partial charge in [-0.3, -0.25) is 14.5 Å². The number of hydrogen-bond acceptors (Lipinski definition) is 8. The van der Waals surface area contributed by atoms with Crippen LogP contribution in [0.2, 0.25) is 0 Å². The molecule has 38 heavy (non-hydrogen) atoms. The van der Waals surface area contributed by atoms with Crippen LogP contribution in [0.25, 0.3) is 0 Å². The highest BCUT2D eigenvalue weighted by Crippen LogP contribution is 2.40. The van der Waals surface area contributed by atoms with Crippen LogP contribution in [0, 0.1) is 0 Å². The van der Waals surface area contributed by atoms with Gasteiger partial charge in [-0.25, -0.2) is 15.1 Å². The molecule has 3 aliphatic rings. The first-order valence-corrected chi connectivity index (χ1v) is 11.9. The lowest BCUT2D eigenvalue weighted by molar-refractivity contribution is -0.151. The van der Waals surface area contributed by atoms with Crippen LogP contribution in [0.3, 0.4) is 0 Å². The van der Waals surface area contributed by atoms with Gasteiger partial charge in [0, 0.05) is 51.7 Å². The van der Waals surface area contributed by atoms with Gasteiger partial charge in [0.1, 0.15) is 11.7 Å². The van der Waals surface area contributed by atoms with Crippen molar-refractivity contribution in [1.29, 1.82) is 0 Å². The molecule has 1 N–H and O–H groups in total. The number of hydrogen-bond donors (Lipinski definition) is 1. The van der Waals surface area contributed by atoms with Crippen molar-refractivity contribution in [3.05, 3.63) is 45.1 Å². The number of aromatic nitrogens is 4. The van der Waals surface area contributed by atoms with E-state index in [1.54, 1.807) is 9.80 Å². The second-order valence-corrected chi connectivity index (χ2v) is 9.28. The zero-order valence-corrected chi connectivity index (χ0v) is 19.8. The van der Waals surface area contributed by atoms with E-state index in [0.29, 0.717) is 38.4 Å². The summed E-state index contributed by atoms with van der Waals surface area (Å²) in [5.41, 5.74) is -3.39. The topological polar surface area (TPSA) is 108 Å². The van der Waals surface area contributed by atoms with E-state index in [1.807, 2.05) is 10.00 Å². The third-order valence-corrected chi connectivity index (χ3v) is 7.04. The molecule has 2 aromatic rings. The molecule has 0 bridgehead atoms. The van der Waals surface area contributed by atoms with Crippen molar-refractivity contribution in [2.24, 2.45) is 0 Å². The molecule has 10 nitrogen and oxygen atoms in total. The van der Waals surface area contributed by atoms with Gasteiger partial charge in [0.2, 0.25) is 5.95 Å². The maximum absolute atomic E-state index is 13.5. The SMILES string of the molecule is O=C(C1CN(C2CCc3c2n[nH]c(=O)c3C(F)(F)F)CCO1)N1CCN(c2ncc(C(F)(F)F)cn2)CC1. The zero-order chi connectivity index (χ0) is 27.2. The van der Waals surface area contributed by atoms with Crippen molar-refractivity contribution in [3.8, 4) is 0 Å². The van der Waals surface area contributed by atoms with E-state index >= 15 is 0 Å². The Bertz CT molecular complexity index is 1240. The number of anilines is 1. The Balaban J connectivity index is 1.21. The molecular formula is C22H23F6N7O3. The monoisotopic (exact) mass is 547 g/mol. The molecule has 0 saturated carbocycles. The Hall–Kier alpha value is -3.27. The molecular weight excluding hydrogens is 524 g/mol. The molecule has 0 aromatic carbocycles. The van der Waals surface area contributed by atoms with Crippen molar-refractivity contribution in [3.63, 3.8) is 0 Å². The van der Waals surface area contributed by atoms with Crippen LogP contribution >= 0.6 is 0 Å². The number of fused-ring (bicyclic) bond motifs is 1. The second kappa shape index (κ2) is 9.80. The van der Waals surface area contributed by atoms with Crippen LogP contribution in [0.5, 0.6) is 0 Å². The average Bonchev–Trinajstić information content (AvgIpc) is 3.31. The fraction of sp³-hybridized carbons (Fsp3) is 0.591. The lowest BCUT2D eigenvalue weighted by Gasteiger charge is -2.40. The predicted octanol–water partition coefficient (Wildman–Crippen LogP) is 1.63. The largest absolute Gasteiger partial charge is 0.422 e. The van der Waals surface area contributed by atoms with Crippen LogP contribution in [0.4, 0.5) is 32.3 Å². The molecule has 206 valence electrons. The number of alkyl halides is 6. The number of morpholine rings is 1. The number of halogens is 6. The number of nitrogens with zero attached hydrogens (tertiary/aromatic N) is 6. The summed E-state index contributed by atoms with van der Waals surface area (Å²) in [5.74, 6) is -0.153. The molecule has 2 unspecified atom stereocenters. The fourth-order valence-electron chi connectivity index (χ4n) is 5.16. The van der Waals surface area contributed by atoms with Gasteiger partial charge in [0.15, 0.2) is 0 Å². The number of H-pyrrole nitrogens is 1. The van der Waals surface area contributed by atoms with Crippen molar-refractivity contribution in [2.75, 3.05) is 50.8 Å². The highest BCUT2D eigenvalue weighted by atomic mass is 19.4. The predicted molar refractivity (Wildman–Crippen MR) is 118 cm³/mol. The van der Waals surface area contributed by atoms with Crippen LogP contribution < -0.4 is 10.5 Å². The molecule has 1 amide bonds. The third kappa shape index (κ3) is 5.06. The molecule has 0 spiro atoms. The first-order valence-electron chi connectivity index (χ1n) is 11.9. The van der Waals surface area contributed by atoms with E-state index in [-0.39, 0.29) is 55.8 Å². The number of amides is 1. The minimum Gasteiger partial charge on any atom is -0.366 e. The number of rotatable bonds is 3.